The van der Waals surface area contributed by atoms with Crippen molar-refractivity contribution in [1.29, 1.82) is 0 Å². The monoisotopic (exact) mass is 528 g/mol. The average Bonchev–Trinajstić information content (AvgIpc) is 3.52. The van der Waals surface area contributed by atoms with E-state index in [1.54, 1.807) is 22.5 Å². The maximum Gasteiger partial charge on any atom is 0.308 e. The van der Waals surface area contributed by atoms with Crippen LogP contribution in [0.3, 0.4) is 0 Å². The number of fused-ring (bicyclic) bond motifs is 6. The van der Waals surface area contributed by atoms with E-state index >= 15 is 0 Å². The van der Waals surface area contributed by atoms with E-state index in [0.717, 1.165) is 15.5 Å². The first-order valence-electron chi connectivity index (χ1n) is 11.5. The Morgan fingerprint density at radius 1 is 1.17 bits per heavy atom. The normalized spacial score (nSPS) is 26.8. The molecular formula is C24H24N4O4S3. The van der Waals surface area contributed by atoms with E-state index in [4.69, 9.17) is 5.14 Å². The molecule has 2 bridgehead atoms. The van der Waals surface area contributed by atoms with E-state index in [-0.39, 0.29) is 28.1 Å². The van der Waals surface area contributed by atoms with Gasteiger partial charge >= 0.3 is 4.87 Å². The highest BCUT2D eigenvalue weighted by Gasteiger charge is 2.55. The minimum absolute atomic E-state index is 0.0307. The molecule has 1 aromatic carbocycles. The SMILES string of the molecule is NS(=O)(=O)c1ccc(NC(=O)Cn2c3c(sc2=O)[C@@H](c2cccnc2)C2C4CCC(C4)C2S3)cc1. The Balaban J connectivity index is 1.30. The van der Waals surface area contributed by atoms with Gasteiger partial charge in [-0.2, -0.15) is 0 Å². The maximum atomic E-state index is 13.1. The summed E-state index contributed by atoms with van der Waals surface area (Å²) in [4.78, 5) is 31.2. The Hall–Kier alpha value is -2.47. The van der Waals surface area contributed by atoms with Gasteiger partial charge in [-0.1, -0.05) is 17.4 Å². The van der Waals surface area contributed by atoms with Crippen LogP contribution in [-0.2, 0) is 21.4 Å². The molecule has 2 saturated carbocycles. The van der Waals surface area contributed by atoms with E-state index in [1.165, 1.54) is 54.9 Å². The number of hydrogen-bond acceptors (Lipinski definition) is 7. The lowest BCUT2D eigenvalue weighted by Crippen LogP contribution is -2.34. The zero-order valence-electron chi connectivity index (χ0n) is 18.7. The second-order valence-corrected chi connectivity index (χ2v) is 13.2. The van der Waals surface area contributed by atoms with Gasteiger partial charge in [0, 0.05) is 34.1 Å². The van der Waals surface area contributed by atoms with Crippen LogP contribution in [0.1, 0.15) is 35.6 Å². The van der Waals surface area contributed by atoms with Crippen LogP contribution < -0.4 is 15.3 Å². The Labute approximate surface area is 211 Å². The molecule has 2 aromatic heterocycles. The fraction of sp³-hybridized carbons (Fsp3) is 0.375. The second kappa shape index (κ2) is 8.58. The van der Waals surface area contributed by atoms with Crippen molar-refractivity contribution in [2.75, 3.05) is 5.32 Å². The number of nitrogens with one attached hydrogen (secondary N) is 1. The molecule has 0 radical (unpaired) electrons. The molecular weight excluding hydrogens is 504 g/mol. The lowest BCUT2D eigenvalue weighted by Gasteiger charge is -2.40. The number of anilines is 1. The number of sulfonamides is 1. The molecule has 8 nitrogen and oxygen atoms in total. The number of nitrogens with two attached hydrogens (primary N) is 1. The van der Waals surface area contributed by atoms with Gasteiger partial charge in [0.1, 0.15) is 6.54 Å². The number of hydrogen-bond donors (Lipinski definition) is 2. The Morgan fingerprint density at radius 3 is 2.66 bits per heavy atom. The van der Waals surface area contributed by atoms with Crippen LogP contribution in [0.15, 0.2) is 63.5 Å². The summed E-state index contributed by atoms with van der Waals surface area (Å²) in [6, 6.07) is 9.70. The minimum atomic E-state index is -3.81. The molecule has 3 aromatic rings. The summed E-state index contributed by atoms with van der Waals surface area (Å²) < 4.78 is 24.5. The van der Waals surface area contributed by atoms with Crippen LogP contribution in [0.4, 0.5) is 5.69 Å². The van der Waals surface area contributed by atoms with E-state index in [1.807, 2.05) is 12.3 Å². The number of pyridine rings is 1. The number of primary sulfonamides is 1. The van der Waals surface area contributed by atoms with Crippen molar-refractivity contribution >= 4 is 44.7 Å². The van der Waals surface area contributed by atoms with Crippen molar-refractivity contribution in [1.82, 2.24) is 9.55 Å². The van der Waals surface area contributed by atoms with E-state index in [9.17, 15) is 18.0 Å². The first kappa shape index (κ1) is 23.0. The topological polar surface area (TPSA) is 124 Å². The number of nitrogens with zero attached hydrogens (tertiary/aromatic N) is 2. The number of carbonyl (C=O) groups excluding carboxylic acids is 1. The summed E-state index contributed by atoms with van der Waals surface area (Å²) in [5.41, 5.74) is 1.58. The van der Waals surface area contributed by atoms with Crippen LogP contribution in [0, 0.1) is 17.8 Å². The summed E-state index contributed by atoms with van der Waals surface area (Å²) in [5, 5.41) is 9.24. The minimum Gasteiger partial charge on any atom is -0.325 e. The van der Waals surface area contributed by atoms with Gasteiger partial charge in [-0.15, -0.1) is 11.8 Å². The van der Waals surface area contributed by atoms with Gasteiger partial charge in [0.2, 0.25) is 15.9 Å². The molecule has 3 aliphatic rings. The first-order chi connectivity index (χ1) is 16.8. The number of thioether (sulfide) groups is 1. The van der Waals surface area contributed by atoms with E-state index < -0.39 is 10.0 Å². The van der Waals surface area contributed by atoms with Gasteiger partial charge < -0.3 is 5.32 Å². The summed E-state index contributed by atoms with van der Waals surface area (Å²) in [5.74, 6) is 1.60. The lowest BCUT2D eigenvalue weighted by atomic mass is 9.75. The Morgan fingerprint density at radius 2 is 1.94 bits per heavy atom. The van der Waals surface area contributed by atoms with Crippen LogP contribution in [-0.4, -0.2) is 29.1 Å². The molecule has 2 fully saturated rings. The molecule has 182 valence electrons. The molecule has 35 heavy (non-hydrogen) atoms. The van der Waals surface area contributed by atoms with Crippen molar-refractivity contribution in [2.24, 2.45) is 22.9 Å². The third-order valence-corrected chi connectivity index (χ3v) is 11.3. The highest BCUT2D eigenvalue weighted by atomic mass is 32.2. The number of aromatic nitrogens is 2. The molecule has 6 rings (SSSR count). The largest absolute Gasteiger partial charge is 0.325 e. The maximum absolute atomic E-state index is 13.1. The Bertz CT molecular complexity index is 1450. The van der Waals surface area contributed by atoms with Crippen molar-refractivity contribution in [3.8, 4) is 0 Å². The summed E-state index contributed by atoms with van der Waals surface area (Å²) in [6.45, 7) is -0.0974. The predicted molar refractivity (Wildman–Crippen MR) is 135 cm³/mol. The zero-order valence-corrected chi connectivity index (χ0v) is 21.1. The number of thiazole rings is 1. The number of carbonyl (C=O) groups is 1. The molecule has 3 heterocycles. The van der Waals surface area contributed by atoms with Crippen LogP contribution >= 0.6 is 23.1 Å². The number of amides is 1. The van der Waals surface area contributed by atoms with Gasteiger partial charge in [-0.05, 0) is 72.9 Å². The summed E-state index contributed by atoms with van der Waals surface area (Å²) >= 11 is 3.03. The molecule has 3 N–H and O–H groups in total. The van der Waals surface area contributed by atoms with Crippen molar-refractivity contribution in [3.05, 3.63) is 68.9 Å². The van der Waals surface area contributed by atoms with Gasteiger partial charge in [0.25, 0.3) is 0 Å². The van der Waals surface area contributed by atoms with Crippen molar-refractivity contribution < 1.29 is 13.2 Å². The third-order valence-electron chi connectivity index (χ3n) is 7.50. The molecule has 1 amide bonds. The molecule has 0 spiro atoms. The Kier molecular flexibility index (Phi) is 5.63. The van der Waals surface area contributed by atoms with Gasteiger partial charge in [0.05, 0.1) is 9.92 Å². The number of benzene rings is 1. The molecule has 1 aliphatic heterocycles. The van der Waals surface area contributed by atoms with E-state index in [2.05, 4.69) is 16.4 Å². The number of rotatable bonds is 5. The highest BCUT2D eigenvalue weighted by molar-refractivity contribution is 8.00. The van der Waals surface area contributed by atoms with Gasteiger partial charge in [-0.3, -0.25) is 19.1 Å². The fourth-order valence-corrected chi connectivity index (χ4v) is 9.76. The highest BCUT2D eigenvalue weighted by Crippen LogP contribution is 2.63. The summed E-state index contributed by atoms with van der Waals surface area (Å²) in [6.07, 6.45) is 7.42. The predicted octanol–water partition coefficient (Wildman–Crippen LogP) is 3.24. The molecule has 5 atom stereocenters. The fourth-order valence-electron chi connectivity index (χ4n) is 6.09. The zero-order chi connectivity index (χ0) is 24.3. The van der Waals surface area contributed by atoms with Crippen LogP contribution in [0.2, 0.25) is 0 Å². The van der Waals surface area contributed by atoms with Crippen molar-refractivity contribution in [3.63, 3.8) is 0 Å². The molecule has 4 unspecified atom stereocenters. The van der Waals surface area contributed by atoms with Crippen LogP contribution in [0.5, 0.6) is 0 Å². The average molecular weight is 529 g/mol. The standard InChI is InChI=1S/C24H24N4O4S3/c25-35(31,32)17-7-5-16(6-8-17)27-18(29)12-28-23-22(34-24(28)30)20(15-2-1-9-26-11-15)19-13-3-4-14(10-13)21(19)33-23/h1-2,5-9,11,13-14,19-21H,3-4,10,12H2,(H,27,29)(H2,25,31,32)/t13?,14?,19?,20-,21?/m0/s1. The van der Waals surface area contributed by atoms with Gasteiger partial charge in [0.15, 0.2) is 0 Å². The quantitative estimate of drug-likeness (QED) is 0.524. The van der Waals surface area contributed by atoms with Crippen LogP contribution in [0.25, 0.3) is 0 Å². The first-order valence-corrected chi connectivity index (χ1v) is 14.8. The van der Waals surface area contributed by atoms with Crippen molar-refractivity contribution in [2.45, 2.75) is 46.9 Å². The molecule has 11 heteroatoms. The second-order valence-electron chi connectivity index (χ2n) is 9.50. The van der Waals surface area contributed by atoms with Gasteiger partial charge in [-0.25, -0.2) is 13.6 Å². The molecule has 0 saturated heterocycles. The van der Waals surface area contributed by atoms with E-state index in [0.29, 0.717) is 28.7 Å². The smallest absolute Gasteiger partial charge is 0.308 e. The summed E-state index contributed by atoms with van der Waals surface area (Å²) in [7, 11) is -3.81. The third kappa shape index (κ3) is 4.04. The lowest BCUT2D eigenvalue weighted by molar-refractivity contribution is -0.116. The molecule has 2 aliphatic carbocycles.